The van der Waals surface area contributed by atoms with Gasteiger partial charge in [0.15, 0.2) is 9.84 Å². The molecule has 0 N–H and O–H groups in total. The van der Waals surface area contributed by atoms with Gasteiger partial charge in [-0.3, -0.25) is 4.79 Å². The summed E-state index contributed by atoms with van der Waals surface area (Å²) in [7, 11) is -3.06. The van der Waals surface area contributed by atoms with Crippen molar-refractivity contribution in [3.8, 4) is 0 Å². The van der Waals surface area contributed by atoms with Crippen molar-refractivity contribution in [3.63, 3.8) is 0 Å². The van der Waals surface area contributed by atoms with Crippen molar-refractivity contribution in [2.75, 3.05) is 12.3 Å². The molecule has 2 fully saturated rings. The van der Waals surface area contributed by atoms with E-state index < -0.39 is 9.84 Å². The van der Waals surface area contributed by atoms with Gasteiger partial charge >= 0.3 is 0 Å². The third-order valence-electron chi connectivity index (χ3n) is 4.53. The number of likely N-dealkylation sites (tertiary alicyclic amines) is 1. The summed E-state index contributed by atoms with van der Waals surface area (Å²) in [5.41, 5.74) is 0. The maximum absolute atomic E-state index is 12.1. The molecule has 2 rings (SSSR count). The molecule has 1 aliphatic carbocycles. The first kappa shape index (κ1) is 14.8. The van der Waals surface area contributed by atoms with Crippen molar-refractivity contribution in [2.24, 2.45) is 0 Å². The number of carbonyl (C=O) groups excluding carboxylic acids is 1. The lowest BCUT2D eigenvalue weighted by Gasteiger charge is -2.33. The molecule has 1 amide bonds. The molecule has 0 aromatic carbocycles. The smallest absolute Gasteiger partial charge is 0.223 e. The number of hydrogen-bond acceptors (Lipinski definition) is 3. The van der Waals surface area contributed by atoms with E-state index in [9.17, 15) is 13.2 Å². The van der Waals surface area contributed by atoms with E-state index in [-0.39, 0.29) is 29.4 Å². The number of sulfone groups is 1. The molecule has 0 aromatic heterocycles. The predicted octanol–water partition coefficient (Wildman–Crippen LogP) is 2.13. The van der Waals surface area contributed by atoms with Gasteiger partial charge < -0.3 is 4.90 Å². The number of hydrogen-bond donors (Lipinski definition) is 0. The summed E-state index contributed by atoms with van der Waals surface area (Å²) in [6, 6.07) is 0.274. The first-order chi connectivity index (χ1) is 9.00. The molecule has 4 nitrogen and oxygen atoms in total. The van der Waals surface area contributed by atoms with Crippen molar-refractivity contribution in [1.82, 2.24) is 4.90 Å². The Balaban J connectivity index is 1.85. The van der Waals surface area contributed by atoms with E-state index in [0.29, 0.717) is 0 Å². The van der Waals surface area contributed by atoms with Crippen LogP contribution in [-0.2, 0) is 14.6 Å². The molecule has 1 aliphatic heterocycles. The van der Waals surface area contributed by atoms with Crippen molar-refractivity contribution in [2.45, 2.75) is 69.6 Å². The molecular weight excluding hydrogens is 262 g/mol. The molecule has 0 bridgehead atoms. The fraction of sp³-hybridized carbons (Fsp3) is 0.929. The monoisotopic (exact) mass is 287 g/mol. The zero-order valence-electron chi connectivity index (χ0n) is 11.8. The van der Waals surface area contributed by atoms with Crippen LogP contribution in [0.4, 0.5) is 0 Å². The molecule has 0 spiro atoms. The van der Waals surface area contributed by atoms with E-state index in [2.05, 4.69) is 6.92 Å². The Morgan fingerprint density at radius 3 is 2.37 bits per heavy atom. The lowest BCUT2D eigenvalue weighted by atomic mass is 10.0. The number of nitrogens with zero attached hydrogens (tertiary/aromatic N) is 1. The highest BCUT2D eigenvalue weighted by atomic mass is 32.2. The average molecular weight is 287 g/mol. The molecule has 5 heteroatoms. The van der Waals surface area contributed by atoms with Crippen molar-refractivity contribution in [1.29, 1.82) is 0 Å². The summed E-state index contributed by atoms with van der Waals surface area (Å²) in [5.74, 6) is 0.0634. The van der Waals surface area contributed by atoms with Gasteiger partial charge in [-0.05, 0) is 39.0 Å². The van der Waals surface area contributed by atoms with Crippen LogP contribution in [0.15, 0.2) is 0 Å². The van der Waals surface area contributed by atoms with Crippen molar-refractivity contribution >= 4 is 15.7 Å². The summed E-state index contributed by atoms with van der Waals surface area (Å²) in [4.78, 5) is 14.0. The van der Waals surface area contributed by atoms with Crippen molar-refractivity contribution < 1.29 is 13.2 Å². The second-order valence-corrected chi connectivity index (χ2v) is 8.36. The zero-order chi connectivity index (χ0) is 13.9. The highest BCUT2D eigenvalue weighted by Crippen LogP contribution is 2.26. The van der Waals surface area contributed by atoms with Gasteiger partial charge in [-0.2, -0.15) is 0 Å². The van der Waals surface area contributed by atoms with E-state index in [1.54, 1.807) is 0 Å². The van der Waals surface area contributed by atoms with E-state index in [4.69, 9.17) is 0 Å². The Kier molecular flexibility index (Phi) is 4.87. The molecule has 19 heavy (non-hydrogen) atoms. The Labute approximate surface area is 116 Å². The molecule has 0 unspecified atom stereocenters. The van der Waals surface area contributed by atoms with E-state index >= 15 is 0 Å². The molecule has 1 atom stereocenters. The van der Waals surface area contributed by atoms with Gasteiger partial charge in [0.2, 0.25) is 5.91 Å². The number of carbonyl (C=O) groups is 1. The molecule has 1 heterocycles. The molecule has 1 saturated heterocycles. The van der Waals surface area contributed by atoms with E-state index in [1.807, 2.05) is 4.90 Å². The summed E-state index contributed by atoms with van der Waals surface area (Å²) in [5, 5.41) is -0.181. The minimum atomic E-state index is -3.06. The minimum Gasteiger partial charge on any atom is -0.340 e. The Bertz CT molecular complexity index is 412. The van der Waals surface area contributed by atoms with Gasteiger partial charge in [0.1, 0.15) is 0 Å². The quantitative estimate of drug-likeness (QED) is 0.796. The van der Waals surface area contributed by atoms with Gasteiger partial charge in [-0.25, -0.2) is 8.42 Å². The maximum Gasteiger partial charge on any atom is 0.223 e. The SMILES string of the molecule is C[C@@H]1CCCCN1C(=O)CCS(=O)(=O)C1CCCC1. The summed E-state index contributed by atoms with van der Waals surface area (Å²) in [6.07, 6.45) is 7.04. The van der Waals surface area contributed by atoms with Crippen LogP contribution in [0.1, 0.15) is 58.3 Å². The van der Waals surface area contributed by atoms with Gasteiger partial charge in [0, 0.05) is 19.0 Å². The lowest BCUT2D eigenvalue weighted by molar-refractivity contribution is -0.133. The summed E-state index contributed by atoms with van der Waals surface area (Å²) < 4.78 is 24.3. The summed E-state index contributed by atoms with van der Waals surface area (Å²) in [6.45, 7) is 2.85. The average Bonchev–Trinajstić information content (AvgIpc) is 2.91. The zero-order valence-corrected chi connectivity index (χ0v) is 12.6. The Morgan fingerprint density at radius 1 is 1.11 bits per heavy atom. The van der Waals surface area contributed by atoms with Crippen molar-refractivity contribution in [3.05, 3.63) is 0 Å². The Hall–Kier alpha value is -0.580. The summed E-state index contributed by atoms with van der Waals surface area (Å²) >= 11 is 0. The third-order valence-corrected chi connectivity index (χ3v) is 6.79. The molecule has 2 aliphatic rings. The minimum absolute atomic E-state index is 0.0220. The highest BCUT2D eigenvalue weighted by molar-refractivity contribution is 7.92. The first-order valence-corrected chi connectivity index (χ1v) is 9.23. The van der Waals surface area contributed by atoms with Crippen LogP contribution in [0, 0.1) is 0 Å². The number of amides is 1. The fourth-order valence-electron chi connectivity index (χ4n) is 3.26. The molecule has 0 radical (unpaired) electrons. The van der Waals surface area contributed by atoms with Crippen LogP contribution >= 0.6 is 0 Å². The van der Waals surface area contributed by atoms with Crippen LogP contribution < -0.4 is 0 Å². The van der Waals surface area contributed by atoms with Gasteiger partial charge in [0.25, 0.3) is 0 Å². The largest absolute Gasteiger partial charge is 0.340 e. The normalized spacial score (nSPS) is 25.7. The fourth-order valence-corrected chi connectivity index (χ4v) is 5.10. The second kappa shape index (κ2) is 6.25. The van der Waals surface area contributed by atoms with Crippen LogP contribution in [0.5, 0.6) is 0 Å². The van der Waals surface area contributed by atoms with Crippen LogP contribution in [0.3, 0.4) is 0 Å². The highest BCUT2D eigenvalue weighted by Gasteiger charge is 2.30. The number of rotatable bonds is 4. The van der Waals surface area contributed by atoms with E-state index in [0.717, 1.165) is 45.1 Å². The van der Waals surface area contributed by atoms with Gasteiger partial charge in [-0.15, -0.1) is 0 Å². The first-order valence-electron chi connectivity index (χ1n) is 7.52. The Morgan fingerprint density at radius 2 is 1.74 bits per heavy atom. The molecular formula is C14H25NO3S. The predicted molar refractivity (Wildman–Crippen MR) is 75.7 cm³/mol. The van der Waals surface area contributed by atoms with Gasteiger partial charge in [-0.1, -0.05) is 12.8 Å². The molecule has 1 saturated carbocycles. The lowest BCUT2D eigenvalue weighted by Crippen LogP contribution is -2.42. The topological polar surface area (TPSA) is 54.5 Å². The third kappa shape index (κ3) is 3.71. The standard InChI is InChI=1S/C14H25NO3S/c1-12-6-4-5-10-15(12)14(16)9-11-19(17,18)13-7-2-3-8-13/h12-13H,2-11H2,1H3/t12-/m1/s1. The number of piperidine rings is 1. The molecule has 110 valence electrons. The molecule has 0 aromatic rings. The second-order valence-electron chi connectivity index (χ2n) is 5.96. The van der Waals surface area contributed by atoms with Crippen LogP contribution in [0.25, 0.3) is 0 Å². The van der Waals surface area contributed by atoms with Gasteiger partial charge in [0.05, 0.1) is 11.0 Å². The van der Waals surface area contributed by atoms with Crippen LogP contribution in [-0.4, -0.2) is 42.8 Å². The van der Waals surface area contributed by atoms with E-state index in [1.165, 1.54) is 6.42 Å². The maximum atomic E-state index is 12.1. The van der Waals surface area contributed by atoms with Crippen LogP contribution in [0.2, 0.25) is 0 Å².